The number of anilines is 2. The van der Waals surface area contributed by atoms with Gasteiger partial charge in [0.2, 0.25) is 10.0 Å². The van der Waals surface area contributed by atoms with Crippen molar-refractivity contribution in [2.24, 2.45) is 0 Å². The van der Waals surface area contributed by atoms with Gasteiger partial charge in [-0.3, -0.25) is 9.52 Å². The van der Waals surface area contributed by atoms with E-state index in [2.05, 4.69) is 15.6 Å². The van der Waals surface area contributed by atoms with Crippen LogP contribution in [0.2, 0.25) is 0 Å². The van der Waals surface area contributed by atoms with Crippen LogP contribution in [-0.4, -0.2) is 37.6 Å². The van der Waals surface area contributed by atoms with Crippen molar-refractivity contribution in [3.8, 4) is 0 Å². The van der Waals surface area contributed by atoms with Crippen LogP contribution in [0.5, 0.6) is 0 Å². The number of nitrogens with zero attached hydrogens (tertiary/aromatic N) is 1. The lowest BCUT2D eigenvalue weighted by Crippen LogP contribution is -2.42. The zero-order valence-corrected chi connectivity index (χ0v) is 20.6. The Hall–Kier alpha value is -3.55. The number of sulfonamides is 1. The second-order valence-corrected chi connectivity index (χ2v) is 10.8. The lowest BCUT2D eigenvalue weighted by molar-refractivity contribution is -0.140. The van der Waals surface area contributed by atoms with Gasteiger partial charge in [0.15, 0.2) is 5.82 Å². The van der Waals surface area contributed by atoms with Gasteiger partial charge >= 0.3 is 6.18 Å². The maximum atomic E-state index is 14.8. The predicted octanol–water partition coefficient (Wildman–Crippen LogP) is 5.20. The summed E-state index contributed by atoms with van der Waals surface area (Å²) in [6, 6.07) is 4.53. The molecule has 1 amide bonds. The molecule has 1 heterocycles. The Balaban J connectivity index is 1.54. The number of alkyl halides is 3. The molecule has 1 saturated carbocycles. The quantitative estimate of drug-likeness (QED) is 0.360. The van der Waals surface area contributed by atoms with E-state index >= 15 is 0 Å². The van der Waals surface area contributed by atoms with Gasteiger partial charge < -0.3 is 10.6 Å². The molecule has 0 aliphatic heterocycles. The van der Waals surface area contributed by atoms with E-state index in [0.29, 0.717) is 19.3 Å². The largest absolute Gasteiger partial charge is 0.433 e. The third kappa shape index (κ3) is 6.29. The molecule has 1 fully saturated rings. The van der Waals surface area contributed by atoms with Gasteiger partial charge in [-0.05, 0) is 62.1 Å². The van der Waals surface area contributed by atoms with Crippen LogP contribution in [0, 0.1) is 17.5 Å². The highest BCUT2D eigenvalue weighted by Crippen LogP contribution is 2.35. The fourth-order valence-electron chi connectivity index (χ4n) is 4.43. The smallest absolute Gasteiger partial charge is 0.382 e. The van der Waals surface area contributed by atoms with E-state index in [1.54, 1.807) is 0 Å². The van der Waals surface area contributed by atoms with Gasteiger partial charge in [0.05, 0.1) is 17.5 Å². The number of carbonyl (C=O) groups excluding carboxylic acids is 1. The number of nitrogens with one attached hydrogen (secondary N) is 3. The van der Waals surface area contributed by atoms with Crippen LogP contribution in [0.3, 0.4) is 0 Å². The van der Waals surface area contributed by atoms with Crippen molar-refractivity contribution in [1.29, 1.82) is 0 Å². The molecule has 0 unspecified atom stereocenters. The minimum absolute atomic E-state index is 0.00967. The van der Waals surface area contributed by atoms with Gasteiger partial charge in [-0.25, -0.2) is 26.6 Å². The van der Waals surface area contributed by atoms with Crippen molar-refractivity contribution in [2.45, 2.75) is 43.9 Å². The minimum atomic E-state index is -4.74. The van der Waals surface area contributed by atoms with Crippen LogP contribution in [-0.2, 0) is 16.2 Å². The minimum Gasteiger partial charge on any atom is -0.382 e. The van der Waals surface area contributed by atoms with Gasteiger partial charge in [0.25, 0.3) is 5.91 Å². The third-order valence-corrected chi connectivity index (χ3v) is 6.63. The molecule has 3 N–H and O–H groups in total. The Bertz CT molecular complexity index is 1500. The number of benzene rings is 2. The van der Waals surface area contributed by atoms with Gasteiger partial charge in [0, 0.05) is 23.2 Å². The summed E-state index contributed by atoms with van der Waals surface area (Å²) in [5.74, 6) is -4.36. The molecule has 0 saturated heterocycles. The second-order valence-electron chi connectivity index (χ2n) is 9.05. The molecule has 3 aromatic rings. The first-order chi connectivity index (χ1) is 17.7. The van der Waals surface area contributed by atoms with Crippen LogP contribution in [0.4, 0.5) is 37.7 Å². The summed E-state index contributed by atoms with van der Waals surface area (Å²) in [5, 5.41) is 5.64. The Morgan fingerprint density at radius 1 is 1.00 bits per heavy atom. The molecule has 2 aromatic carbocycles. The lowest BCUT2D eigenvalue weighted by atomic mass is 9.90. The fraction of sp³-hybridized carbons (Fsp3) is 0.333. The topological polar surface area (TPSA) is 100 Å². The Labute approximate surface area is 213 Å². The molecule has 1 aliphatic carbocycles. The third-order valence-electron chi connectivity index (χ3n) is 6.04. The molecule has 7 nitrogen and oxygen atoms in total. The molecule has 1 aliphatic rings. The number of carbonyl (C=O) groups is 1. The summed E-state index contributed by atoms with van der Waals surface area (Å²) < 4.78 is 108. The van der Waals surface area contributed by atoms with Crippen LogP contribution in [0.15, 0.2) is 36.4 Å². The summed E-state index contributed by atoms with van der Waals surface area (Å²) >= 11 is 0. The van der Waals surface area contributed by atoms with Crippen molar-refractivity contribution in [3.05, 3.63) is 65.1 Å². The van der Waals surface area contributed by atoms with E-state index in [9.17, 15) is 39.6 Å². The summed E-state index contributed by atoms with van der Waals surface area (Å²) in [5.41, 5.74) is -2.78. The molecule has 38 heavy (non-hydrogen) atoms. The molecule has 2 atom stereocenters. The van der Waals surface area contributed by atoms with Crippen LogP contribution >= 0.6 is 0 Å². The van der Waals surface area contributed by atoms with Gasteiger partial charge in [-0.2, -0.15) is 13.2 Å². The number of pyridine rings is 1. The van der Waals surface area contributed by atoms with E-state index in [0.717, 1.165) is 42.7 Å². The maximum absolute atomic E-state index is 14.8. The summed E-state index contributed by atoms with van der Waals surface area (Å²) in [6.45, 7) is 0. The lowest BCUT2D eigenvalue weighted by Gasteiger charge is -2.31. The number of hydrogen-bond acceptors (Lipinski definition) is 5. The predicted molar refractivity (Wildman–Crippen MR) is 129 cm³/mol. The average Bonchev–Trinajstić information content (AvgIpc) is 2.80. The average molecular weight is 561 g/mol. The first-order valence-electron chi connectivity index (χ1n) is 11.4. The standard InChI is InChI=1S/C24H22F6N4O3S/c1-38(36,37)34-18-8-6-16(26)21(22(18)27)23(35)32-14-4-2-3-13(10-14)31-19-11-20(24(28,29)30)33-17-7-5-12(25)9-15(17)19/h5-9,11,13-14,34H,2-4,10H2,1H3,(H,31,33)(H,32,35)/t13-,14+/m0/s1. The van der Waals surface area contributed by atoms with Crippen LogP contribution in [0.25, 0.3) is 10.9 Å². The molecular formula is C24H22F6N4O3S. The summed E-state index contributed by atoms with van der Waals surface area (Å²) in [4.78, 5) is 16.3. The molecule has 4 rings (SSSR count). The molecular weight excluding hydrogens is 538 g/mol. The van der Waals surface area contributed by atoms with Crippen molar-refractivity contribution in [3.63, 3.8) is 0 Å². The van der Waals surface area contributed by atoms with E-state index in [4.69, 9.17) is 0 Å². The summed E-state index contributed by atoms with van der Waals surface area (Å²) in [7, 11) is -3.90. The first kappa shape index (κ1) is 27.5. The Morgan fingerprint density at radius 2 is 1.71 bits per heavy atom. The number of fused-ring (bicyclic) bond motifs is 1. The Kier molecular flexibility index (Phi) is 7.46. The Morgan fingerprint density at radius 3 is 2.39 bits per heavy atom. The molecule has 0 radical (unpaired) electrons. The molecule has 1 aromatic heterocycles. The molecule has 0 bridgehead atoms. The SMILES string of the molecule is CS(=O)(=O)Nc1ccc(F)c(C(=O)N[C@@H]2CCC[C@H](Nc3cc(C(F)(F)F)nc4ccc(F)cc34)C2)c1F. The van der Waals surface area contributed by atoms with E-state index in [-0.39, 0.29) is 23.0 Å². The van der Waals surface area contributed by atoms with E-state index in [1.165, 1.54) is 0 Å². The zero-order valence-electron chi connectivity index (χ0n) is 19.8. The van der Waals surface area contributed by atoms with Gasteiger partial charge in [-0.1, -0.05) is 0 Å². The molecule has 0 spiro atoms. The van der Waals surface area contributed by atoms with E-state index in [1.807, 2.05) is 4.72 Å². The maximum Gasteiger partial charge on any atom is 0.433 e. The highest BCUT2D eigenvalue weighted by atomic mass is 32.2. The van der Waals surface area contributed by atoms with Crippen LogP contribution in [0.1, 0.15) is 41.7 Å². The van der Waals surface area contributed by atoms with E-state index < -0.39 is 68.6 Å². The normalized spacial score (nSPS) is 18.3. The van der Waals surface area contributed by atoms with Crippen molar-refractivity contribution < 1.29 is 39.6 Å². The molecule has 204 valence electrons. The van der Waals surface area contributed by atoms with Crippen molar-refractivity contribution in [1.82, 2.24) is 10.3 Å². The van der Waals surface area contributed by atoms with Crippen LogP contribution < -0.4 is 15.4 Å². The summed E-state index contributed by atoms with van der Waals surface area (Å²) in [6.07, 6.45) is -2.33. The van der Waals surface area contributed by atoms with Gasteiger partial charge in [-0.15, -0.1) is 0 Å². The molecule has 14 heteroatoms. The highest BCUT2D eigenvalue weighted by Gasteiger charge is 2.34. The monoisotopic (exact) mass is 560 g/mol. The number of aromatic nitrogens is 1. The van der Waals surface area contributed by atoms with Gasteiger partial charge in [0.1, 0.15) is 22.9 Å². The highest BCUT2D eigenvalue weighted by molar-refractivity contribution is 7.92. The number of amides is 1. The number of rotatable bonds is 6. The fourth-order valence-corrected chi connectivity index (χ4v) is 4.99. The second kappa shape index (κ2) is 10.3. The first-order valence-corrected chi connectivity index (χ1v) is 13.3. The number of halogens is 6. The zero-order chi connectivity index (χ0) is 27.8. The van der Waals surface area contributed by atoms with Crippen molar-refractivity contribution >= 4 is 38.2 Å². The van der Waals surface area contributed by atoms with Crippen molar-refractivity contribution in [2.75, 3.05) is 16.3 Å². The number of hydrogen-bond donors (Lipinski definition) is 3.